The van der Waals surface area contributed by atoms with Crippen molar-refractivity contribution >= 4 is 17.3 Å². The van der Waals surface area contributed by atoms with E-state index in [0.29, 0.717) is 12.1 Å². The first kappa shape index (κ1) is 15.5. The largest absolute Gasteiger partial charge is 0.491 e. The average molecular weight is 298 g/mol. The molecule has 0 saturated heterocycles. The minimum atomic E-state index is 0.420. The van der Waals surface area contributed by atoms with Crippen LogP contribution >= 0.6 is 11.6 Å². The van der Waals surface area contributed by atoms with Crippen molar-refractivity contribution in [3.05, 3.63) is 23.2 Å². The molecule has 1 aliphatic carbocycles. The lowest BCUT2D eigenvalue weighted by atomic mass is 9.93. The Morgan fingerprint density at radius 3 is 2.65 bits per heavy atom. The highest BCUT2D eigenvalue weighted by Gasteiger charge is 2.21. The zero-order valence-electron chi connectivity index (χ0n) is 12.3. The summed E-state index contributed by atoms with van der Waals surface area (Å²) in [7, 11) is 1.80. The van der Waals surface area contributed by atoms with Gasteiger partial charge in [0.25, 0.3) is 0 Å². The Labute approximate surface area is 126 Å². The number of nitrogens with one attached hydrogen (secondary N) is 1. The van der Waals surface area contributed by atoms with Gasteiger partial charge in [0.05, 0.1) is 18.4 Å². The van der Waals surface area contributed by atoms with Crippen LogP contribution in [0.2, 0.25) is 5.02 Å². The Hall–Kier alpha value is -0.930. The lowest BCUT2D eigenvalue weighted by molar-refractivity contribution is 0.0681. The summed E-state index contributed by atoms with van der Waals surface area (Å²) in [6.45, 7) is 2.84. The van der Waals surface area contributed by atoms with Crippen LogP contribution in [-0.2, 0) is 4.74 Å². The third kappa shape index (κ3) is 4.29. The predicted octanol–water partition coefficient (Wildman–Crippen LogP) is 4.50. The quantitative estimate of drug-likeness (QED) is 0.838. The van der Waals surface area contributed by atoms with Crippen molar-refractivity contribution in [1.82, 2.24) is 0 Å². The van der Waals surface area contributed by atoms with Gasteiger partial charge in [0, 0.05) is 18.2 Å². The van der Waals surface area contributed by atoms with Crippen LogP contribution in [0.25, 0.3) is 0 Å². The predicted molar refractivity (Wildman–Crippen MR) is 83.9 cm³/mol. The van der Waals surface area contributed by atoms with Gasteiger partial charge in [-0.3, -0.25) is 0 Å². The number of benzene rings is 1. The number of anilines is 1. The van der Waals surface area contributed by atoms with Crippen molar-refractivity contribution in [3.8, 4) is 5.75 Å². The summed E-state index contributed by atoms with van der Waals surface area (Å²) in [5.74, 6) is 0.894. The zero-order chi connectivity index (χ0) is 14.4. The molecule has 0 heterocycles. The van der Waals surface area contributed by atoms with E-state index in [9.17, 15) is 0 Å². The van der Waals surface area contributed by atoms with Crippen LogP contribution in [0.15, 0.2) is 18.2 Å². The molecule has 0 aromatic heterocycles. The molecule has 1 aromatic rings. The van der Waals surface area contributed by atoms with Gasteiger partial charge in [0.2, 0.25) is 0 Å². The van der Waals surface area contributed by atoms with E-state index in [-0.39, 0.29) is 0 Å². The summed E-state index contributed by atoms with van der Waals surface area (Å²) in [5, 5.41) is 4.32. The molecule has 0 spiro atoms. The van der Waals surface area contributed by atoms with Crippen LogP contribution in [0, 0.1) is 0 Å². The maximum atomic E-state index is 6.10. The minimum absolute atomic E-state index is 0.420. The van der Waals surface area contributed by atoms with Crippen LogP contribution < -0.4 is 10.1 Å². The van der Waals surface area contributed by atoms with Crippen molar-refractivity contribution in [2.45, 2.75) is 51.2 Å². The standard InChI is InChI=1S/C16H24ClNO2/c1-3-10-20-16-9-4-12(17)11-15(16)18-13-5-7-14(19-2)8-6-13/h4,9,11,13-14,18H,3,5-8,10H2,1-2H3. The molecule has 0 amide bonds. The molecule has 1 aromatic carbocycles. The van der Waals surface area contributed by atoms with Gasteiger partial charge in [-0.15, -0.1) is 0 Å². The fourth-order valence-corrected chi connectivity index (χ4v) is 2.79. The third-order valence-electron chi connectivity index (χ3n) is 3.77. The Morgan fingerprint density at radius 2 is 2.00 bits per heavy atom. The summed E-state index contributed by atoms with van der Waals surface area (Å²) < 4.78 is 11.2. The fourth-order valence-electron chi connectivity index (χ4n) is 2.62. The molecular weight excluding hydrogens is 274 g/mol. The Bertz CT molecular complexity index is 417. The third-order valence-corrected chi connectivity index (χ3v) is 4.01. The van der Waals surface area contributed by atoms with Gasteiger partial charge >= 0.3 is 0 Å². The second kappa shape index (κ2) is 7.75. The van der Waals surface area contributed by atoms with Gasteiger partial charge in [0.1, 0.15) is 5.75 Å². The molecule has 0 radical (unpaired) electrons. The molecule has 0 unspecified atom stereocenters. The van der Waals surface area contributed by atoms with E-state index in [4.69, 9.17) is 21.1 Å². The van der Waals surface area contributed by atoms with Crippen LogP contribution in [0.4, 0.5) is 5.69 Å². The van der Waals surface area contributed by atoms with E-state index < -0.39 is 0 Å². The summed E-state index contributed by atoms with van der Waals surface area (Å²) in [6.07, 6.45) is 5.89. The van der Waals surface area contributed by atoms with Gasteiger partial charge in [-0.05, 0) is 50.3 Å². The summed E-state index contributed by atoms with van der Waals surface area (Å²) in [4.78, 5) is 0. The number of halogens is 1. The molecular formula is C16H24ClNO2. The van der Waals surface area contributed by atoms with Crippen molar-refractivity contribution < 1.29 is 9.47 Å². The first-order valence-electron chi connectivity index (χ1n) is 7.44. The maximum Gasteiger partial charge on any atom is 0.142 e. The molecule has 0 atom stereocenters. The highest BCUT2D eigenvalue weighted by Crippen LogP contribution is 2.31. The number of methoxy groups -OCH3 is 1. The molecule has 20 heavy (non-hydrogen) atoms. The number of ether oxygens (including phenoxy) is 2. The molecule has 0 aliphatic heterocycles. The Balaban J connectivity index is 1.99. The SMILES string of the molecule is CCCOc1ccc(Cl)cc1NC1CCC(OC)CC1. The van der Waals surface area contributed by atoms with Crippen molar-refractivity contribution in [1.29, 1.82) is 0 Å². The minimum Gasteiger partial charge on any atom is -0.491 e. The lowest BCUT2D eigenvalue weighted by Crippen LogP contribution is -2.29. The smallest absolute Gasteiger partial charge is 0.142 e. The van der Waals surface area contributed by atoms with Gasteiger partial charge in [-0.2, -0.15) is 0 Å². The molecule has 1 fully saturated rings. The monoisotopic (exact) mass is 297 g/mol. The molecule has 1 aliphatic rings. The molecule has 112 valence electrons. The lowest BCUT2D eigenvalue weighted by Gasteiger charge is -2.29. The molecule has 4 heteroatoms. The van der Waals surface area contributed by atoms with E-state index in [1.807, 2.05) is 18.2 Å². The van der Waals surface area contributed by atoms with E-state index in [1.165, 1.54) is 0 Å². The van der Waals surface area contributed by atoms with Crippen molar-refractivity contribution in [3.63, 3.8) is 0 Å². The first-order valence-corrected chi connectivity index (χ1v) is 7.82. The van der Waals surface area contributed by atoms with E-state index >= 15 is 0 Å². The molecule has 0 bridgehead atoms. The van der Waals surface area contributed by atoms with Crippen LogP contribution in [0.3, 0.4) is 0 Å². The fraction of sp³-hybridized carbons (Fsp3) is 0.625. The Morgan fingerprint density at radius 1 is 1.25 bits per heavy atom. The van der Waals surface area contributed by atoms with Gasteiger partial charge < -0.3 is 14.8 Å². The van der Waals surface area contributed by atoms with Gasteiger partial charge in [0.15, 0.2) is 0 Å². The zero-order valence-corrected chi connectivity index (χ0v) is 13.1. The van der Waals surface area contributed by atoms with Crippen molar-refractivity contribution in [2.75, 3.05) is 19.0 Å². The van der Waals surface area contributed by atoms with Crippen LogP contribution in [-0.4, -0.2) is 25.9 Å². The van der Waals surface area contributed by atoms with Crippen molar-refractivity contribution in [2.24, 2.45) is 0 Å². The second-order valence-electron chi connectivity index (χ2n) is 5.34. The van der Waals surface area contributed by atoms with E-state index in [0.717, 1.165) is 55.2 Å². The summed E-state index contributed by atoms with van der Waals surface area (Å²) >= 11 is 6.10. The highest BCUT2D eigenvalue weighted by atomic mass is 35.5. The van der Waals surface area contributed by atoms with E-state index in [1.54, 1.807) is 7.11 Å². The second-order valence-corrected chi connectivity index (χ2v) is 5.78. The molecule has 1 saturated carbocycles. The van der Waals surface area contributed by atoms with Gasteiger partial charge in [-0.25, -0.2) is 0 Å². The normalized spacial score (nSPS) is 22.6. The Kier molecular flexibility index (Phi) is 5.99. The average Bonchev–Trinajstić information content (AvgIpc) is 2.47. The molecule has 3 nitrogen and oxygen atoms in total. The topological polar surface area (TPSA) is 30.5 Å². The summed E-state index contributed by atoms with van der Waals surface area (Å²) in [5.41, 5.74) is 1.01. The van der Waals surface area contributed by atoms with Crippen LogP contribution in [0.5, 0.6) is 5.75 Å². The number of rotatable bonds is 6. The first-order chi connectivity index (χ1) is 9.72. The molecule has 1 N–H and O–H groups in total. The number of hydrogen-bond acceptors (Lipinski definition) is 3. The number of hydrogen-bond donors (Lipinski definition) is 1. The van der Waals surface area contributed by atoms with Crippen LogP contribution in [0.1, 0.15) is 39.0 Å². The summed E-state index contributed by atoms with van der Waals surface area (Å²) in [6, 6.07) is 6.25. The van der Waals surface area contributed by atoms with Gasteiger partial charge in [-0.1, -0.05) is 18.5 Å². The van der Waals surface area contributed by atoms with E-state index in [2.05, 4.69) is 12.2 Å². The highest BCUT2D eigenvalue weighted by molar-refractivity contribution is 6.30. The maximum absolute atomic E-state index is 6.10. The molecule has 2 rings (SSSR count).